The van der Waals surface area contributed by atoms with E-state index in [1.807, 2.05) is 35.3 Å². The van der Waals surface area contributed by atoms with Crippen LogP contribution < -0.4 is 10.6 Å². The minimum atomic E-state index is -1.20. The van der Waals surface area contributed by atoms with Crippen molar-refractivity contribution < 1.29 is 47.7 Å². The van der Waals surface area contributed by atoms with Gasteiger partial charge in [-0.05, 0) is 100.0 Å². The number of unbranched alkanes of at least 4 members (excludes halogenated alkanes) is 8. The second-order valence-corrected chi connectivity index (χ2v) is 19.1. The molecule has 4 amide bonds. The summed E-state index contributed by atoms with van der Waals surface area (Å²) in [7, 11) is 0. The number of nitrogens with zero attached hydrogens (tertiary/aromatic N) is 3. The monoisotopic (exact) mass is 874 g/mol. The second-order valence-electron chi connectivity index (χ2n) is 19.1. The van der Waals surface area contributed by atoms with Crippen LogP contribution in [0.25, 0.3) is 0 Å². The molecular formula is C47H79N5O10. The standard InChI is InChI=1S/C47H79N5O10/c1-11-12-13-14-15-16-17-21-27-39(53)52(51-33-31-50(32-34-51)44(58)59-35-36-24-19-18-20-25-36)30-23-22-26-37(41(55)61-46(5,6)7)48-43(57)49-38(42(56)62-47(8,9)10)28-29-40(54)60-45(2,3)4/h18-20,24-25,37-38H,11-17,21-23,26-35H2,1-10H3,(H2,48,49,57). The number of carbonyl (C=O) groups is 6. The highest BCUT2D eigenvalue weighted by atomic mass is 16.6. The van der Waals surface area contributed by atoms with Crippen LogP contribution in [0.4, 0.5) is 9.59 Å². The average molecular weight is 874 g/mol. The minimum absolute atomic E-state index is 0.0110. The number of ether oxygens (including phenoxy) is 4. The largest absolute Gasteiger partial charge is 0.460 e. The number of benzene rings is 1. The zero-order chi connectivity index (χ0) is 46.3. The number of rotatable bonds is 24. The third kappa shape index (κ3) is 23.7. The van der Waals surface area contributed by atoms with Crippen molar-refractivity contribution in [3.8, 4) is 0 Å². The molecule has 2 rings (SSSR count). The van der Waals surface area contributed by atoms with Crippen LogP contribution in [0, 0.1) is 0 Å². The van der Waals surface area contributed by atoms with Gasteiger partial charge in [-0.15, -0.1) is 0 Å². The van der Waals surface area contributed by atoms with Gasteiger partial charge in [-0.25, -0.2) is 24.2 Å². The van der Waals surface area contributed by atoms with Crippen LogP contribution in [-0.2, 0) is 44.7 Å². The van der Waals surface area contributed by atoms with E-state index in [2.05, 4.69) is 17.6 Å². The highest BCUT2D eigenvalue weighted by Gasteiger charge is 2.32. The molecule has 0 saturated carbocycles. The highest BCUT2D eigenvalue weighted by Crippen LogP contribution is 2.18. The fourth-order valence-electron chi connectivity index (χ4n) is 6.76. The van der Waals surface area contributed by atoms with Gasteiger partial charge in [0.15, 0.2) is 0 Å². The van der Waals surface area contributed by atoms with Crippen LogP contribution in [0.1, 0.15) is 165 Å². The van der Waals surface area contributed by atoms with E-state index in [9.17, 15) is 28.8 Å². The summed E-state index contributed by atoms with van der Waals surface area (Å²) in [4.78, 5) is 81.0. The van der Waals surface area contributed by atoms with Crippen molar-refractivity contribution in [2.75, 3.05) is 32.7 Å². The van der Waals surface area contributed by atoms with Crippen molar-refractivity contribution in [3.05, 3.63) is 35.9 Å². The van der Waals surface area contributed by atoms with Crippen LogP contribution in [0.2, 0.25) is 0 Å². The third-order valence-electron chi connectivity index (χ3n) is 9.76. The number of hydrogen-bond acceptors (Lipinski definition) is 11. The summed E-state index contributed by atoms with van der Waals surface area (Å²) in [6, 6.07) is 6.43. The Morgan fingerprint density at radius 3 is 1.68 bits per heavy atom. The molecule has 0 aromatic heterocycles. The van der Waals surface area contributed by atoms with Gasteiger partial charge in [0.2, 0.25) is 5.91 Å². The quantitative estimate of drug-likeness (QED) is 0.0582. The lowest BCUT2D eigenvalue weighted by Gasteiger charge is -2.41. The van der Waals surface area contributed by atoms with Gasteiger partial charge in [-0.3, -0.25) is 14.6 Å². The van der Waals surface area contributed by atoms with E-state index in [4.69, 9.17) is 18.9 Å². The summed E-state index contributed by atoms with van der Waals surface area (Å²) < 4.78 is 22.2. The molecule has 1 fully saturated rings. The molecule has 2 unspecified atom stereocenters. The molecule has 0 spiro atoms. The number of carbonyl (C=O) groups excluding carboxylic acids is 6. The van der Waals surface area contributed by atoms with Gasteiger partial charge in [0.25, 0.3) is 0 Å². The van der Waals surface area contributed by atoms with Crippen LogP contribution in [0.5, 0.6) is 0 Å². The molecule has 0 aliphatic carbocycles. The molecule has 2 atom stereocenters. The lowest BCUT2D eigenvalue weighted by Crippen LogP contribution is -2.56. The lowest BCUT2D eigenvalue weighted by molar-refractivity contribution is -0.159. The van der Waals surface area contributed by atoms with Crippen LogP contribution in [0.15, 0.2) is 30.3 Å². The Kier molecular flexibility index (Phi) is 23.3. The zero-order valence-corrected chi connectivity index (χ0v) is 39.6. The number of nitrogens with one attached hydrogen (secondary N) is 2. The summed E-state index contributed by atoms with van der Waals surface area (Å²) >= 11 is 0. The smallest absolute Gasteiger partial charge is 0.410 e. The number of piperazine rings is 1. The Balaban J connectivity index is 2.12. The molecule has 1 aromatic rings. The molecular weight excluding hydrogens is 795 g/mol. The molecule has 1 aliphatic rings. The summed E-state index contributed by atoms with van der Waals surface area (Å²) in [5.74, 6) is -1.90. The first kappa shape index (κ1) is 53.7. The molecule has 2 N–H and O–H groups in total. The molecule has 1 saturated heterocycles. The molecule has 15 nitrogen and oxygen atoms in total. The van der Waals surface area contributed by atoms with Crippen molar-refractivity contribution in [2.45, 2.75) is 195 Å². The van der Waals surface area contributed by atoms with Crippen LogP contribution >= 0.6 is 0 Å². The van der Waals surface area contributed by atoms with Crippen molar-refractivity contribution in [1.82, 2.24) is 25.6 Å². The summed E-state index contributed by atoms with van der Waals surface area (Å²) in [5.41, 5.74) is -1.52. The highest BCUT2D eigenvalue weighted by molar-refractivity contribution is 5.87. The van der Waals surface area contributed by atoms with Gasteiger partial charge in [-0.2, -0.15) is 0 Å². The predicted octanol–water partition coefficient (Wildman–Crippen LogP) is 8.23. The number of esters is 3. The van der Waals surface area contributed by atoms with Gasteiger partial charge < -0.3 is 34.5 Å². The van der Waals surface area contributed by atoms with Crippen LogP contribution in [0.3, 0.4) is 0 Å². The lowest BCUT2D eigenvalue weighted by atomic mass is 10.1. The summed E-state index contributed by atoms with van der Waals surface area (Å²) in [5, 5.41) is 9.08. The second kappa shape index (κ2) is 26.9. The summed E-state index contributed by atoms with van der Waals surface area (Å²) in [6.07, 6.45) is 9.87. The number of hydrogen-bond donors (Lipinski definition) is 2. The Labute approximate surface area is 371 Å². The fraction of sp³-hybridized carbons (Fsp3) is 0.745. The predicted molar refractivity (Wildman–Crippen MR) is 239 cm³/mol. The van der Waals surface area contributed by atoms with Gasteiger partial charge in [0, 0.05) is 45.6 Å². The maximum absolute atomic E-state index is 13.8. The van der Waals surface area contributed by atoms with Gasteiger partial charge in [0.1, 0.15) is 35.5 Å². The zero-order valence-electron chi connectivity index (χ0n) is 39.6. The maximum atomic E-state index is 13.8. The van der Waals surface area contributed by atoms with Crippen molar-refractivity contribution in [1.29, 1.82) is 0 Å². The van der Waals surface area contributed by atoms with Crippen molar-refractivity contribution in [2.24, 2.45) is 0 Å². The Morgan fingerprint density at radius 1 is 0.629 bits per heavy atom. The minimum Gasteiger partial charge on any atom is -0.460 e. The Hall–Kier alpha value is -4.40. The molecule has 0 bridgehead atoms. The van der Waals surface area contributed by atoms with Gasteiger partial charge >= 0.3 is 30.0 Å². The number of hydrazine groups is 1. The van der Waals surface area contributed by atoms with E-state index in [1.54, 1.807) is 72.2 Å². The number of urea groups is 1. The third-order valence-corrected chi connectivity index (χ3v) is 9.76. The first-order valence-corrected chi connectivity index (χ1v) is 22.8. The normalized spacial score (nSPS) is 14.6. The Bertz CT molecular complexity index is 1530. The maximum Gasteiger partial charge on any atom is 0.410 e. The van der Waals surface area contributed by atoms with E-state index < -0.39 is 58.9 Å². The molecule has 1 aromatic carbocycles. The Morgan fingerprint density at radius 2 is 1.15 bits per heavy atom. The molecule has 1 aliphatic heterocycles. The number of amides is 4. The van der Waals surface area contributed by atoms with Crippen LogP contribution in [-0.4, -0.2) is 112 Å². The van der Waals surface area contributed by atoms with E-state index in [1.165, 1.54) is 32.1 Å². The van der Waals surface area contributed by atoms with Gasteiger partial charge in [0.05, 0.1) is 0 Å². The SMILES string of the molecule is CCCCCCCCCCC(=O)N(CCCCC(NC(=O)NC(CCC(=O)OC(C)(C)C)C(=O)OC(C)(C)C)C(=O)OC(C)(C)C)N1CCN(C(=O)OCc2ccccc2)CC1. The summed E-state index contributed by atoms with van der Waals surface area (Å²) in [6.45, 7) is 20.0. The van der Waals surface area contributed by atoms with Crippen molar-refractivity contribution >= 4 is 35.9 Å². The topological polar surface area (TPSA) is 173 Å². The average Bonchev–Trinajstić information content (AvgIpc) is 3.17. The van der Waals surface area contributed by atoms with E-state index in [0.717, 1.165) is 24.8 Å². The molecule has 0 radical (unpaired) electrons. The molecule has 62 heavy (non-hydrogen) atoms. The van der Waals surface area contributed by atoms with Gasteiger partial charge in [-0.1, -0.05) is 82.2 Å². The molecule has 1 heterocycles. The van der Waals surface area contributed by atoms with E-state index >= 15 is 0 Å². The van der Waals surface area contributed by atoms with E-state index in [-0.39, 0.29) is 31.8 Å². The first-order valence-electron chi connectivity index (χ1n) is 22.8. The fourth-order valence-corrected chi connectivity index (χ4v) is 6.76. The van der Waals surface area contributed by atoms with E-state index in [0.29, 0.717) is 52.0 Å². The molecule has 15 heteroatoms. The van der Waals surface area contributed by atoms with Crippen molar-refractivity contribution in [3.63, 3.8) is 0 Å². The first-order chi connectivity index (χ1) is 29.1. The molecule has 352 valence electrons.